The number of nitrogens with zero attached hydrogens (tertiary/aromatic N) is 2. The number of aromatic amines is 1. The van der Waals surface area contributed by atoms with E-state index in [2.05, 4.69) is 10.2 Å². The molecule has 3 N–H and O–H groups in total. The Hall–Kier alpha value is -2.02. The van der Waals surface area contributed by atoms with Crippen LogP contribution in [0.5, 0.6) is 0 Å². The summed E-state index contributed by atoms with van der Waals surface area (Å²) in [6.07, 6.45) is 0. The van der Waals surface area contributed by atoms with Crippen molar-refractivity contribution in [3.8, 4) is 5.69 Å². The Morgan fingerprint density at radius 1 is 1.44 bits per heavy atom. The standard InChI is InChI=1S/C9H8F2N4O/c10-5-1-2-7(6(11)3-5)15-8(4-12)13-14-9(15)16/h1-3H,4,12H2,(H,14,16). The third-order valence-corrected chi connectivity index (χ3v) is 2.08. The smallest absolute Gasteiger partial charge is 0.324 e. The number of hydrogen-bond acceptors (Lipinski definition) is 3. The third-order valence-electron chi connectivity index (χ3n) is 2.08. The Labute approximate surface area is 88.5 Å². The lowest BCUT2D eigenvalue weighted by molar-refractivity contribution is 0.575. The molecule has 0 fully saturated rings. The molecule has 0 aliphatic rings. The first-order valence-electron chi connectivity index (χ1n) is 4.45. The van der Waals surface area contributed by atoms with Gasteiger partial charge in [-0.15, -0.1) is 0 Å². The van der Waals surface area contributed by atoms with Crippen molar-refractivity contribution >= 4 is 0 Å². The second-order valence-electron chi connectivity index (χ2n) is 3.08. The van der Waals surface area contributed by atoms with Gasteiger partial charge in [0.1, 0.15) is 11.6 Å². The Kier molecular flexibility index (Phi) is 2.53. The topological polar surface area (TPSA) is 76.7 Å². The van der Waals surface area contributed by atoms with Crippen LogP contribution in [0.4, 0.5) is 8.78 Å². The van der Waals surface area contributed by atoms with Crippen LogP contribution >= 0.6 is 0 Å². The summed E-state index contributed by atoms with van der Waals surface area (Å²) >= 11 is 0. The molecule has 0 aliphatic carbocycles. The van der Waals surface area contributed by atoms with Gasteiger partial charge in [0.2, 0.25) is 0 Å². The molecular weight excluding hydrogens is 218 g/mol. The van der Waals surface area contributed by atoms with Gasteiger partial charge in [-0.2, -0.15) is 5.10 Å². The molecule has 0 saturated heterocycles. The van der Waals surface area contributed by atoms with Crippen molar-refractivity contribution in [2.45, 2.75) is 6.54 Å². The first-order valence-corrected chi connectivity index (χ1v) is 4.45. The summed E-state index contributed by atoms with van der Waals surface area (Å²) in [4.78, 5) is 11.4. The predicted molar refractivity (Wildman–Crippen MR) is 52.0 cm³/mol. The summed E-state index contributed by atoms with van der Waals surface area (Å²) in [5.74, 6) is -1.39. The highest BCUT2D eigenvalue weighted by Gasteiger charge is 2.13. The fourth-order valence-corrected chi connectivity index (χ4v) is 1.38. The number of benzene rings is 1. The summed E-state index contributed by atoms with van der Waals surface area (Å²) < 4.78 is 27.1. The number of hydrogen-bond donors (Lipinski definition) is 2. The maximum Gasteiger partial charge on any atom is 0.348 e. The summed E-state index contributed by atoms with van der Waals surface area (Å²) in [5.41, 5.74) is 4.64. The van der Waals surface area contributed by atoms with Crippen LogP contribution in [0.3, 0.4) is 0 Å². The molecule has 0 radical (unpaired) electrons. The maximum atomic E-state index is 13.4. The lowest BCUT2D eigenvalue weighted by atomic mass is 10.3. The highest BCUT2D eigenvalue weighted by molar-refractivity contribution is 5.34. The normalized spacial score (nSPS) is 10.7. The van der Waals surface area contributed by atoms with E-state index < -0.39 is 17.3 Å². The van der Waals surface area contributed by atoms with Gasteiger partial charge in [0.25, 0.3) is 0 Å². The SMILES string of the molecule is NCc1n[nH]c(=O)n1-c1ccc(F)cc1F. The molecule has 0 unspecified atom stereocenters. The van der Waals surface area contributed by atoms with E-state index in [1.165, 1.54) is 0 Å². The number of nitrogens with two attached hydrogens (primary N) is 1. The van der Waals surface area contributed by atoms with E-state index in [9.17, 15) is 13.6 Å². The van der Waals surface area contributed by atoms with Gasteiger partial charge in [0.05, 0.1) is 12.2 Å². The zero-order valence-electron chi connectivity index (χ0n) is 8.08. The van der Waals surface area contributed by atoms with Crippen molar-refractivity contribution in [1.29, 1.82) is 0 Å². The number of aromatic nitrogens is 3. The number of H-pyrrole nitrogens is 1. The van der Waals surface area contributed by atoms with E-state index in [4.69, 9.17) is 5.73 Å². The van der Waals surface area contributed by atoms with Crippen LogP contribution in [0.2, 0.25) is 0 Å². The molecule has 0 aliphatic heterocycles. The molecule has 1 heterocycles. The van der Waals surface area contributed by atoms with Crippen molar-refractivity contribution in [2.24, 2.45) is 5.73 Å². The van der Waals surface area contributed by atoms with E-state index in [1.807, 2.05) is 0 Å². The van der Waals surface area contributed by atoms with Crippen LogP contribution in [-0.2, 0) is 6.54 Å². The van der Waals surface area contributed by atoms with Crippen molar-refractivity contribution in [3.05, 3.63) is 46.1 Å². The Bertz CT molecular complexity index is 575. The predicted octanol–water partition coefficient (Wildman–Crippen LogP) is 0.298. The van der Waals surface area contributed by atoms with Crippen LogP contribution in [0.1, 0.15) is 5.82 Å². The fourth-order valence-electron chi connectivity index (χ4n) is 1.38. The maximum absolute atomic E-state index is 13.4. The minimum atomic E-state index is -0.849. The first kappa shape index (κ1) is 10.5. The summed E-state index contributed by atoms with van der Waals surface area (Å²) in [7, 11) is 0. The van der Waals surface area contributed by atoms with Crippen molar-refractivity contribution in [3.63, 3.8) is 0 Å². The average Bonchev–Trinajstić information content (AvgIpc) is 2.60. The second kappa shape index (κ2) is 3.86. The number of rotatable bonds is 2. The monoisotopic (exact) mass is 226 g/mol. The van der Waals surface area contributed by atoms with Crippen molar-refractivity contribution < 1.29 is 8.78 Å². The van der Waals surface area contributed by atoms with E-state index in [1.54, 1.807) is 0 Å². The fraction of sp³-hybridized carbons (Fsp3) is 0.111. The molecule has 1 aromatic heterocycles. The molecule has 0 spiro atoms. The lowest BCUT2D eigenvalue weighted by Crippen LogP contribution is -2.19. The Balaban J connectivity index is 2.67. The Morgan fingerprint density at radius 2 is 2.19 bits per heavy atom. The number of halogens is 2. The van der Waals surface area contributed by atoms with E-state index in [0.717, 1.165) is 16.7 Å². The second-order valence-corrected chi connectivity index (χ2v) is 3.08. The highest BCUT2D eigenvalue weighted by Crippen LogP contribution is 2.13. The molecule has 0 bridgehead atoms. The number of nitrogens with one attached hydrogen (secondary N) is 1. The molecule has 84 valence electrons. The molecular formula is C9H8F2N4O. The molecule has 0 atom stereocenters. The first-order chi connectivity index (χ1) is 7.63. The molecule has 2 rings (SSSR count). The van der Waals surface area contributed by atoms with Gasteiger partial charge in [0, 0.05) is 6.07 Å². The minimum Gasteiger partial charge on any atom is -0.324 e. The summed E-state index contributed by atoms with van der Waals surface area (Å²) in [6.45, 7) is -0.0322. The van der Waals surface area contributed by atoms with Gasteiger partial charge < -0.3 is 5.73 Å². The molecule has 0 amide bonds. The zero-order chi connectivity index (χ0) is 11.7. The zero-order valence-corrected chi connectivity index (χ0v) is 8.08. The molecule has 7 heteroatoms. The van der Waals surface area contributed by atoms with E-state index in [0.29, 0.717) is 6.07 Å². The van der Waals surface area contributed by atoms with Crippen molar-refractivity contribution in [2.75, 3.05) is 0 Å². The van der Waals surface area contributed by atoms with Crippen LogP contribution in [-0.4, -0.2) is 14.8 Å². The van der Waals surface area contributed by atoms with Gasteiger partial charge >= 0.3 is 5.69 Å². The van der Waals surface area contributed by atoms with Crippen LogP contribution < -0.4 is 11.4 Å². The highest BCUT2D eigenvalue weighted by atomic mass is 19.1. The van der Waals surface area contributed by atoms with E-state index >= 15 is 0 Å². The van der Waals surface area contributed by atoms with Gasteiger partial charge in [-0.3, -0.25) is 0 Å². The van der Waals surface area contributed by atoms with Gasteiger partial charge in [-0.1, -0.05) is 0 Å². The van der Waals surface area contributed by atoms with Gasteiger partial charge in [0.15, 0.2) is 5.82 Å². The van der Waals surface area contributed by atoms with Crippen LogP contribution in [0.25, 0.3) is 5.69 Å². The Morgan fingerprint density at radius 3 is 2.81 bits per heavy atom. The molecule has 5 nitrogen and oxygen atoms in total. The van der Waals surface area contributed by atoms with Crippen LogP contribution in [0.15, 0.2) is 23.0 Å². The lowest BCUT2D eigenvalue weighted by Gasteiger charge is -2.05. The quantitative estimate of drug-likeness (QED) is 0.773. The molecule has 16 heavy (non-hydrogen) atoms. The summed E-state index contributed by atoms with van der Waals surface area (Å²) in [6, 6.07) is 2.90. The molecule has 2 aromatic rings. The van der Waals surface area contributed by atoms with Gasteiger partial charge in [-0.05, 0) is 12.1 Å². The van der Waals surface area contributed by atoms with E-state index in [-0.39, 0.29) is 18.1 Å². The largest absolute Gasteiger partial charge is 0.348 e. The van der Waals surface area contributed by atoms with Crippen LogP contribution in [0, 0.1) is 11.6 Å². The molecule has 1 aromatic carbocycles. The molecule has 0 saturated carbocycles. The summed E-state index contributed by atoms with van der Waals surface area (Å²) in [5, 5.41) is 5.76. The average molecular weight is 226 g/mol. The third kappa shape index (κ3) is 1.61. The minimum absolute atomic E-state index is 0.0322. The van der Waals surface area contributed by atoms with Crippen molar-refractivity contribution in [1.82, 2.24) is 14.8 Å². The van der Waals surface area contributed by atoms with Gasteiger partial charge in [-0.25, -0.2) is 23.2 Å².